The van der Waals surface area contributed by atoms with Gasteiger partial charge in [0.2, 0.25) is 0 Å². The van der Waals surface area contributed by atoms with Crippen molar-refractivity contribution in [1.29, 1.82) is 0 Å². The number of aromatic nitrogens is 1. The number of rotatable bonds is 2. The maximum atomic E-state index is 5.44. The highest BCUT2D eigenvalue weighted by molar-refractivity contribution is 7.17. The maximum absolute atomic E-state index is 5.44. The Morgan fingerprint density at radius 2 is 2.27 bits per heavy atom. The van der Waals surface area contributed by atoms with Gasteiger partial charge in [-0.2, -0.15) is 0 Å². The zero-order valence-corrected chi connectivity index (χ0v) is 9.56. The van der Waals surface area contributed by atoms with Gasteiger partial charge in [-0.15, -0.1) is 17.8 Å². The number of nitrogens with zero attached hydrogens (tertiary/aromatic N) is 1. The van der Waals surface area contributed by atoms with Crippen molar-refractivity contribution in [3.63, 3.8) is 0 Å². The third-order valence-corrected chi connectivity index (χ3v) is 3.05. The van der Waals surface area contributed by atoms with E-state index in [0.29, 0.717) is 0 Å². The summed E-state index contributed by atoms with van der Waals surface area (Å²) in [5, 5.41) is 6.44. The second-order valence-electron chi connectivity index (χ2n) is 3.89. The lowest BCUT2D eigenvalue weighted by Gasteiger charge is -2.20. The molecule has 0 radical (unpaired) electrons. The second kappa shape index (κ2) is 3.56. The number of pyridine rings is 1. The Bertz CT molecular complexity index is 520. The van der Waals surface area contributed by atoms with Gasteiger partial charge in [0.1, 0.15) is 5.82 Å². The van der Waals surface area contributed by atoms with Crippen LogP contribution < -0.4 is 5.32 Å². The number of thiophene rings is 1. The molecule has 3 heteroatoms. The van der Waals surface area contributed by atoms with E-state index in [2.05, 4.69) is 27.7 Å². The third-order valence-electron chi connectivity index (χ3n) is 2.17. The molecule has 0 saturated heterocycles. The summed E-state index contributed by atoms with van der Waals surface area (Å²) in [4.78, 5) is 4.31. The molecule has 0 amide bonds. The normalized spacial score (nSPS) is 11.3. The van der Waals surface area contributed by atoms with Crippen molar-refractivity contribution >= 4 is 27.2 Å². The minimum atomic E-state index is -0.372. The standard InChI is InChI=1S/C12H12N2S/c1-4-12(2,3)14-11-9-6-8-15-10(9)5-7-13-11/h1,5-8H,2-3H3,(H,13,14). The fraction of sp³-hybridized carbons (Fsp3) is 0.250. The van der Waals surface area contributed by atoms with Gasteiger partial charge >= 0.3 is 0 Å². The van der Waals surface area contributed by atoms with Crippen molar-refractivity contribution in [1.82, 2.24) is 4.98 Å². The van der Waals surface area contributed by atoms with Crippen LogP contribution in [0.25, 0.3) is 10.1 Å². The SMILES string of the molecule is C#CC(C)(C)Nc1nccc2sccc12. The molecule has 0 spiro atoms. The third kappa shape index (κ3) is 1.95. The van der Waals surface area contributed by atoms with E-state index in [9.17, 15) is 0 Å². The summed E-state index contributed by atoms with van der Waals surface area (Å²) in [7, 11) is 0. The smallest absolute Gasteiger partial charge is 0.135 e. The van der Waals surface area contributed by atoms with Crippen LogP contribution in [0.15, 0.2) is 23.7 Å². The summed E-state index contributed by atoms with van der Waals surface area (Å²) in [6, 6.07) is 4.07. The van der Waals surface area contributed by atoms with Crippen LogP contribution >= 0.6 is 11.3 Å². The maximum Gasteiger partial charge on any atom is 0.135 e. The highest BCUT2D eigenvalue weighted by atomic mass is 32.1. The Labute approximate surface area is 93.3 Å². The molecule has 15 heavy (non-hydrogen) atoms. The average Bonchev–Trinajstić information content (AvgIpc) is 2.66. The van der Waals surface area contributed by atoms with Gasteiger partial charge in [-0.3, -0.25) is 0 Å². The number of nitrogens with one attached hydrogen (secondary N) is 1. The fourth-order valence-electron chi connectivity index (χ4n) is 1.33. The minimum Gasteiger partial charge on any atom is -0.354 e. The highest BCUT2D eigenvalue weighted by Crippen LogP contribution is 2.27. The van der Waals surface area contributed by atoms with E-state index in [1.165, 1.54) is 4.70 Å². The Hall–Kier alpha value is -1.53. The lowest BCUT2D eigenvalue weighted by molar-refractivity contribution is 0.738. The van der Waals surface area contributed by atoms with Gasteiger partial charge in [-0.1, -0.05) is 5.92 Å². The molecular formula is C12H12N2S. The average molecular weight is 216 g/mol. The van der Waals surface area contributed by atoms with E-state index in [1.807, 2.05) is 19.9 Å². The van der Waals surface area contributed by atoms with E-state index < -0.39 is 0 Å². The van der Waals surface area contributed by atoms with Crippen molar-refractivity contribution in [2.45, 2.75) is 19.4 Å². The van der Waals surface area contributed by atoms with Crippen molar-refractivity contribution in [2.75, 3.05) is 5.32 Å². The van der Waals surface area contributed by atoms with E-state index in [1.54, 1.807) is 17.5 Å². The number of anilines is 1. The van der Waals surface area contributed by atoms with Crippen LogP contribution in [0.2, 0.25) is 0 Å². The lowest BCUT2D eigenvalue weighted by atomic mass is 10.1. The summed E-state index contributed by atoms with van der Waals surface area (Å²) in [6.45, 7) is 3.92. The molecular weight excluding hydrogens is 204 g/mol. The Morgan fingerprint density at radius 3 is 3.00 bits per heavy atom. The lowest BCUT2D eigenvalue weighted by Crippen LogP contribution is -2.28. The first-order chi connectivity index (χ1) is 7.12. The van der Waals surface area contributed by atoms with Crippen molar-refractivity contribution in [3.8, 4) is 12.3 Å². The molecule has 0 aliphatic rings. The first kappa shape index (κ1) is 10.0. The van der Waals surface area contributed by atoms with Gasteiger partial charge in [0.15, 0.2) is 0 Å². The van der Waals surface area contributed by atoms with Crippen LogP contribution in [-0.2, 0) is 0 Å². The van der Waals surface area contributed by atoms with Gasteiger partial charge in [0.25, 0.3) is 0 Å². The minimum absolute atomic E-state index is 0.372. The predicted octanol–water partition coefficient (Wildman–Crippen LogP) is 3.12. The molecule has 2 heterocycles. The fourth-order valence-corrected chi connectivity index (χ4v) is 2.11. The van der Waals surface area contributed by atoms with E-state index in [0.717, 1.165) is 11.2 Å². The molecule has 0 atom stereocenters. The summed E-state index contributed by atoms with van der Waals surface area (Å²) in [6.07, 6.45) is 7.24. The molecule has 2 nitrogen and oxygen atoms in total. The first-order valence-corrected chi connectivity index (χ1v) is 5.58. The molecule has 0 aliphatic heterocycles. The van der Waals surface area contributed by atoms with Crippen molar-refractivity contribution in [2.24, 2.45) is 0 Å². The Balaban J connectivity index is 2.45. The van der Waals surface area contributed by atoms with Gasteiger partial charge in [-0.25, -0.2) is 4.98 Å². The number of hydrogen-bond acceptors (Lipinski definition) is 3. The zero-order chi connectivity index (χ0) is 10.9. The largest absolute Gasteiger partial charge is 0.354 e. The molecule has 0 saturated carbocycles. The highest BCUT2D eigenvalue weighted by Gasteiger charge is 2.15. The molecule has 0 fully saturated rings. The van der Waals surface area contributed by atoms with Crippen LogP contribution in [0, 0.1) is 12.3 Å². The Kier molecular flexibility index (Phi) is 2.37. The van der Waals surface area contributed by atoms with Crippen LogP contribution in [-0.4, -0.2) is 10.5 Å². The monoisotopic (exact) mass is 216 g/mol. The second-order valence-corrected chi connectivity index (χ2v) is 4.83. The number of hydrogen-bond donors (Lipinski definition) is 1. The predicted molar refractivity (Wildman–Crippen MR) is 66.2 cm³/mol. The molecule has 1 N–H and O–H groups in total. The topological polar surface area (TPSA) is 24.9 Å². The summed E-state index contributed by atoms with van der Waals surface area (Å²) >= 11 is 1.70. The first-order valence-electron chi connectivity index (χ1n) is 4.70. The van der Waals surface area contributed by atoms with E-state index >= 15 is 0 Å². The van der Waals surface area contributed by atoms with Crippen molar-refractivity contribution < 1.29 is 0 Å². The molecule has 0 unspecified atom stereocenters. The molecule has 0 aromatic carbocycles. The molecule has 0 aliphatic carbocycles. The van der Waals surface area contributed by atoms with E-state index in [4.69, 9.17) is 6.42 Å². The summed E-state index contributed by atoms with van der Waals surface area (Å²) in [5.41, 5.74) is -0.372. The summed E-state index contributed by atoms with van der Waals surface area (Å²) < 4.78 is 1.22. The van der Waals surface area contributed by atoms with Crippen LogP contribution in [0.5, 0.6) is 0 Å². The van der Waals surface area contributed by atoms with Gasteiger partial charge in [0, 0.05) is 16.3 Å². The van der Waals surface area contributed by atoms with Crippen LogP contribution in [0.3, 0.4) is 0 Å². The number of fused-ring (bicyclic) bond motifs is 1. The molecule has 76 valence electrons. The molecule has 2 aromatic rings. The molecule has 2 rings (SSSR count). The van der Waals surface area contributed by atoms with Gasteiger partial charge < -0.3 is 5.32 Å². The molecule has 2 aromatic heterocycles. The Morgan fingerprint density at radius 1 is 1.47 bits per heavy atom. The van der Waals surface area contributed by atoms with Gasteiger partial charge in [0.05, 0.1) is 5.54 Å². The molecule has 0 bridgehead atoms. The zero-order valence-electron chi connectivity index (χ0n) is 8.74. The number of terminal acetylenes is 1. The van der Waals surface area contributed by atoms with Crippen LogP contribution in [0.1, 0.15) is 13.8 Å². The summed E-state index contributed by atoms with van der Waals surface area (Å²) in [5.74, 6) is 3.56. The quantitative estimate of drug-likeness (QED) is 0.780. The van der Waals surface area contributed by atoms with Crippen LogP contribution in [0.4, 0.5) is 5.82 Å². The van der Waals surface area contributed by atoms with E-state index in [-0.39, 0.29) is 5.54 Å². The van der Waals surface area contributed by atoms with Crippen molar-refractivity contribution in [3.05, 3.63) is 23.7 Å². The van der Waals surface area contributed by atoms with Gasteiger partial charge in [-0.05, 0) is 31.4 Å².